The number of methoxy groups -OCH3 is 1. The molecule has 0 aliphatic carbocycles. The number of Topliss-reactive ketones (excluding diaryl/α,β-unsaturated/α-hetero) is 1. The normalized spacial score (nSPS) is 17.9. The molecule has 1 aliphatic heterocycles. The van der Waals surface area contributed by atoms with Crippen molar-refractivity contribution in [3.05, 3.63) is 65.0 Å². The molecule has 1 saturated heterocycles. The number of rotatable bonds is 5. The molecule has 0 amide bonds. The van der Waals surface area contributed by atoms with Gasteiger partial charge in [0, 0.05) is 19.0 Å². The number of hydrogen-bond acceptors (Lipinski definition) is 3. The van der Waals surface area contributed by atoms with Gasteiger partial charge in [-0.05, 0) is 55.3 Å². The Morgan fingerprint density at radius 3 is 2.69 bits per heavy atom. The van der Waals surface area contributed by atoms with Gasteiger partial charge in [-0.2, -0.15) is 0 Å². The molecule has 0 bridgehead atoms. The van der Waals surface area contributed by atoms with Crippen molar-refractivity contribution in [3.8, 4) is 5.75 Å². The highest BCUT2D eigenvalue weighted by molar-refractivity contribution is 6.00. The average molecular weight is 363 g/mol. The van der Waals surface area contributed by atoms with Crippen molar-refractivity contribution in [1.29, 1.82) is 0 Å². The van der Waals surface area contributed by atoms with Crippen molar-refractivity contribution >= 4 is 5.78 Å². The number of hydrogen-bond donors (Lipinski definition) is 0. The zero-order valence-electron chi connectivity index (χ0n) is 14.5. The Morgan fingerprint density at radius 1 is 1.15 bits per heavy atom. The molecule has 1 aliphatic rings. The molecule has 0 unspecified atom stereocenters. The van der Waals surface area contributed by atoms with Crippen LogP contribution in [0.25, 0.3) is 0 Å². The number of carbonyl (C=O) groups excluding carboxylic acids is 1. The molecule has 1 atom stereocenters. The van der Waals surface area contributed by atoms with E-state index in [4.69, 9.17) is 4.74 Å². The van der Waals surface area contributed by atoms with Crippen LogP contribution in [0.2, 0.25) is 0 Å². The van der Waals surface area contributed by atoms with Crippen LogP contribution in [0.4, 0.5) is 13.2 Å². The van der Waals surface area contributed by atoms with Gasteiger partial charge >= 0.3 is 0 Å². The fraction of sp³-hybridized carbons (Fsp3) is 0.350. The van der Waals surface area contributed by atoms with Crippen LogP contribution in [0, 0.1) is 23.4 Å². The van der Waals surface area contributed by atoms with E-state index >= 15 is 0 Å². The minimum atomic E-state index is -0.878. The van der Waals surface area contributed by atoms with E-state index in [1.54, 1.807) is 6.07 Å². The van der Waals surface area contributed by atoms with Crippen molar-refractivity contribution < 1.29 is 22.7 Å². The molecule has 2 aromatic carbocycles. The second-order valence-corrected chi connectivity index (χ2v) is 6.53. The highest BCUT2D eigenvalue weighted by Crippen LogP contribution is 2.27. The summed E-state index contributed by atoms with van der Waals surface area (Å²) in [5.74, 6) is -2.32. The molecule has 3 nitrogen and oxygen atoms in total. The number of halogens is 3. The molecule has 0 N–H and O–H groups in total. The lowest BCUT2D eigenvalue weighted by molar-refractivity contribution is 0.0808. The molecular weight excluding hydrogens is 343 g/mol. The molecule has 26 heavy (non-hydrogen) atoms. The average Bonchev–Trinajstić information content (AvgIpc) is 2.64. The molecule has 1 fully saturated rings. The van der Waals surface area contributed by atoms with Crippen molar-refractivity contribution in [2.45, 2.75) is 19.4 Å². The predicted octanol–water partition coefficient (Wildman–Crippen LogP) is 4.21. The first-order valence-corrected chi connectivity index (χ1v) is 8.52. The fourth-order valence-electron chi connectivity index (χ4n) is 3.40. The monoisotopic (exact) mass is 363 g/mol. The molecule has 0 spiro atoms. The SMILES string of the molecule is COc1ccc(F)cc1C(=O)[C@@H]1CCCN(Cc2ccc(F)c(F)c2)C1. The molecule has 1 heterocycles. The summed E-state index contributed by atoms with van der Waals surface area (Å²) in [5, 5.41) is 0. The number of ketones is 1. The molecular formula is C20H20F3NO2. The number of benzene rings is 2. The third-order valence-corrected chi connectivity index (χ3v) is 4.69. The highest BCUT2D eigenvalue weighted by Gasteiger charge is 2.28. The topological polar surface area (TPSA) is 29.5 Å². The first kappa shape index (κ1) is 18.5. The predicted molar refractivity (Wildman–Crippen MR) is 91.6 cm³/mol. The number of ether oxygens (including phenoxy) is 1. The lowest BCUT2D eigenvalue weighted by Crippen LogP contribution is -2.38. The van der Waals surface area contributed by atoms with Crippen LogP contribution in [0.5, 0.6) is 5.75 Å². The van der Waals surface area contributed by atoms with Crippen LogP contribution in [-0.4, -0.2) is 30.9 Å². The van der Waals surface area contributed by atoms with Crippen molar-refractivity contribution in [2.75, 3.05) is 20.2 Å². The minimum Gasteiger partial charge on any atom is -0.496 e. The van der Waals surface area contributed by atoms with Crippen LogP contribution in [0.15, 0.2) is 36.4 Å². The summed E-state index contributed by atoms with van der Waals surface area (Å²) in [6.45, 7) is 1.68. The second-order valence-electron chi connectivity index (χ2n) is 6.53. The summed E-state index contributed by atoms with van der Waals surface area (Å²) in [7, 11) is 1.44. The summed E-state index contributed by atoms with van der Waals surface area (Å²) in [4.78, 5) is 14.9. The summed E-state index contributed by atoms with van der Waals surface area (Å²) in [6, 6.07) is 7.73. The lowest BCUT2D eigenvalue weighted by atomic mass is 9.89. The van der Waals surface area contributed by atoms with Gasteiger partial charge in [0.05, 0.1) is 12.7 Å². The van der Waals surface area contributed by atoms with E-state index in [1.165, 1.54) is 31.4 Å². The number of likely N-dealkylation sites (tertiary alicyclic amines) is 1. The zero-order valence-corrected chi connectivity index (χ0v) is 14.5. The maximum Gasteiger partial charge on any atom is 0.171 e. The Kier molecular flexibility index (Phi) is 5.61. The van der Waals surface area contributed by atoms with Gasteiger partial charge in [0.25, 0.3) is 0 Å². The van der Waals surface area contributed by atoms with Gasteiger partial charge < -0.3 is 4.74 Å². The van der Waals surface area contributed by atoms with Crippen molar-refractivity contribution in [1.82, 2.24) is 4.90 Å². The number of carbonyl (C=O) groups is 1. The third kappa shape index (κ3) is 4.07. The molecule has 3 rings (SSSR count). The van der Waals surface area contributed by atoms with Crippen LogP contribution < -0.4 is 4.74 Å². The Labute approximate surface area is 150 Å². The van der Waals surface area contributed by atoms with E-state index in [0.717, 1.165) is 19.0 Å². The van der Waals surface area contributed by atoms with Crippen LogP contribution in [0.1, 0.15) is 28.8 Å². The largest absolute Gasteiger partial charge is 0.496 e. The second kappa shape index (κ2) is 7.91. The quantitative estimate of drug-likeness (QED) is 0.746. The maximum atomic E-state index is 13.6. The minimum absolute atomic E-state index is 0.156. The van der Waals surface area contributed by atoms with Crippen LogP contribution >= 0.6 is 0 Å². The standard InChI is InChI=1S/C20H20F3NO2/c1-26-19-7-5-15(21)10-16(19)20(25)14-3-2-8-24(12-14)11-13-4-6-17(22)18(23)9-13/h4-7,9-10,14H,2-3,8,11-12H2,1H3/t14-/m1/s1. The van der Waals surface area contributed by atoms with Gasteiger partial charge in [0.1, 0.15) is 11.6 Å². The van der Waals surface area contributed by atoms with E-state index in [-0.39, 0.29) is 17.3 Å². The Bertz CT molecular complexity index is 810. The van der Waals surface area contributed by atoms with E-state index in [1.807, 2.05) is 4.90 Å². The van der Waals surface area contributed by atoms with E-state index in [2.05, 4.69) is 0 Å². The Balaban J connectivity index is 1.72. The van der Waals surface area contributed by atoms with Crippen LogP contribution in [0.3, 0.4) is 0 Å². The van der Waals surface area contributed by atoms with Gasteiger partial charge in [0.15, 0.2) is 17.4 Å². The van der Waals surface area contributed by atoms with Gasteiger partial charge in [-0.25, -0.2) is 13.2 Å². The third-order valence-electron chi connectivity index (χ3n) is 4.69. The first-order chi connectivity index (χ1) is 12.5. The summed E-state index contributed by atoms with van der Waals surface area (Å²) < 4.78 is 45.2. The number of nitrogens with zero attached hydrogens (tertiary/aromatic N) is 1. The molecule has 138 valence electrons. The van der Waals surface area contributed by atoms with Crippen LogP contribution in [-0.2, 0) is 6.54 Å². The Hall–Kier alpha value is -2.34. The smallest absolute Gasteiger partial charge is 0.171 e. The molecule has 0 aromatic heterocycles. The van der Waals surface area contributed by atoms with Crippen molar-refractivity contribution in [3.63, 3.8) is 0 Å². The summed E-state index contributed by atoms with van der Waals surface area (Å²) in [5.41, 5.74) is 0.896. The first-order valence-electron chi connectivity index (χ1n) is 8.52. The van der Waals surface area contributed by atoms with E-state index in [0.29, 0.717) is 30.8 Å². The number of piperidine rings is 1. The van der Waals surface area contributed by atoms with Gasteiger partial charge in [-0.1, -0.05) is 6.07 Å². The van der Waals surface area contributed by atoms with E-state index < -0.39 is 17.5 Å². The van der Waals surface area contributed by atoms with E-state index in [9.17, 15) is 18.0 Å². The van der Waals surface area contributed by atoms with Crippen molar-refractivity contribution in [2.24, 2.45) is 5.92 Å². The molecule has 2 aromatic rings. The van der Waals surface area contributed by atoms with Gasteiger partial charge in [0.2, 0.25) is 0 Å². The summed E-state index contributed by atoms with van der Waals surface area (Å²) >= 11 is 0. The molecule has 0 radical (unpaired) electrons. The highest BCUT2D eigenvalue weighted by atomic mass is 19.2. The fourth-order valence-corrected chi connectivity index (χ4v) is 3.40. The molecule has 6 heteroatoms. The van der Waals surface area contributed by atoms with Gasteiger partial charge in [-0.3, -0.25) is 9.69 Å². The molecule has 0 saturated carbocycles. The van der Waals surface area contributed by atoms with Gasteiger partial charge in [-0.15, -0.1) is 0 Å². The summed E-state index contributed by atoms with van der Waals surface area (Å²) in [6.07, 6.45) is 1.50. The zero-order chi connectivity index (χ0) is 18.7. The lowest BCUT2D eigenvalue weighted by Gasteiger charge is -2.32. The maximum absolute atomic E-state index is 13.6. The Morgan fingerprint density at radius 2 is 1.96 bits per heavy atom.